The Balaban J connectivity index is 0. The van der Waals surface area contributed by atoms with E-state index in [1.807, 2.05) is 0 Å². The Labute approximate surface area is 166 Å². The molecule has 0 saturated heterocycles. The van der Waals surface area contributed by atoms with E-state index in [-0.39, 0.29) is 4.70 Å². The maximum atomic E-state index is 2.62. The molecule has 0 aromatic rings. The van der Waals surface area contributed by atoms with Crippen molar-refractivity contribution in [1.82, 2.24) is 0 Å². The van der Waals surface area contributed by atoms with Crippen molar-refractivity contribution in [2.45, 2.75) is 120 Å². The number of rotatable bonds is 13. The fraction of sp³-hybridized carbons (Fsp3) is 1.00. The highest BCUT2D eigenvalue weighted by Gasteiger charge is 2.51. The summed E-state index contributed by atoms with van der Waals surface area (Å²) in [4.78, 5) is 0. The van der Waals surface area contributed by atoms with Crippen LogP contribution in [0.5, 0.6) is 0 Å². The molecule has 0 aliphatic carbocycles. The van der Waals surface area contributed by atoms with Crippen LogP contribution in [0, 0.1) is 17.3 Å². The molecule has 0 aromatic heterocycles. The Morgan fingerprint density at radius 3 is 1.27 bits per heavy atom. The van der Waals surface area contributed by atoms with Crippen LogP contribution in [0.4, 0.5) is 0 Å². The first-order valence-electron chi connectivity index (χ1n) is 11.3. The molecule has 0 saturated carbocycles. The minimum Gasteiger partial charge on any atom is -1.00 e. The summed E-state index contributed by atoms with van der Waals surface area (Å²) in [5.41, 5.74) is 0.698. The van der Waals surface area contributed by atoms with E-state index in [0.29, 0.717) is 11.0 Å². The third kappa shape index (κ3) is 7.87. The van der Waals surface area contributed by atoms with Gasteiger partial charge in [-0.25, -0.2) is 0 Å². The first-order chi connectivity index (χ1) is 11.5. The molecule has 0 aliphatic heterocycles. The van der Waals surface area contributed by atoms with E-state index in [0.717, 1.165) is 11.8 Å². The minimum absolute atomic E-state index is 0. The molecule has 0 rings (SSSR count). The average Bonchev–Trinajstić information content (AvgIpc) is 2.50. The van der Waals surface area contributed by atoms with Gasteiger partial charge in [0.15, 0.2) is 0 Å². The monoisotopic (exact) mass is 373 g/mol. The third-order valence-electron chi connectivity index (χ3n) is 6.65. The molecule has 0 amide bonds. The van der Waals surface area contributed by atoms with Crippen LogP contribution in [0.25, 0.3) is 0 Å². The summed E-state index contributed by atoms with van der Waals surface area (Å²) in [7, 11) is 0. The lowest BCUT2D eigenvalue weighted by molar-refractivity contribution is -0.978. The van der Waals surface area contributed by atoms with Crippen molar-refractivity contribution >= 4 is 0 Å². The number of hydrogen-bond donors (Lipinski definition) is 0. The standard InChI is InChI=1S/C24H52N.FH/c1-11-14-17-25(18-15-12-2,19-16-13-3)24(9,10)22(20-21(4)5)23(6,7)8;/h21-22H,11-20H2,1-10H3;1H/q+1;/p-1. The van der Waals surface area contributed by atoms with Crippen molar-refractivity contribution in [2.24, 2.45) is 17.3 Å². The summed E-state index contributed by atoms with van der Waals surface area (Å²) in [5.74, 6) is 1.53. The molecular formula is C24H52FN. The van der Waals surface area contributed by atoms with Gasteiger partial charge in [-0.1, -0.05) is 74.7 Å². The van der Waals surface area contributed by atoms with E-state index in [9.17, 15) is 0 Å². The lowest BCUT2D eigenvalue weighted by atomic mass is 9.65. The predicted octanol–water partition coefficient (Wildman–Crippen LogP) is 4.69. The summed E-state index contributed by atoms with van der Waals surface area (Å²) in [6.07, 6.45) is 9.41. The Morgan fingerprint density at radius 2 is 1.04 bits per heavy atom. The van der Waals surface area contributed by atoms with Gasteiger partial charge in [-0.05, 0) is 50.9 Å². The molecule has 1 nitrogen and oxygen atoms in total. The maximum Gasteiger partial charge on any atom is 0.0969 e. The number of unbranched alkanes of at least 4 members (excludes halogenated alkanes) is 3. The summed E-state index contributed by atoms with van der Waals surface area (Å²) >= 11 is 0. The van der Waals surface area contributed by atoms with E-state index in [4.69, 9.17) is 0 Å². The normalized spacial score (nSPS) is 14.4. The number of quaternary nitrogens is 1. The SMILES string of the molecule is CCCC[N+](CCCC)(CCCC)C(C)(C)C(CC(C)C)C(C)(C)C.[F-]. The molecule has 1 unspecified atom stereocenters. The molecule has 2 heteroatoms. The molecule has 0 N–H and O–H groups in total. The zero-order chi connectivity index (χ0) is 19.7. The van der Waals surface area contributed by atoms with Gasteiger partial charge < -0.3 is 9.19 Å². The highest BCUT2D eigenvalue weighted by molar-refractivity contribution is 4.90. The van der Waals surface area contributed by atoms with Crippen LogP contribution in [0.15, 0.2) is 0 Å². The van der Waals surface area contributed by atoms with Crippen molar-refractivity contribution in [2.75, 3.05) is 19.6 Å². The summed E-state index contributed by atoms with van der Waals surface area (Å²) in [6.45, 7) is 28.7. The minimum atomic E-state index is 0. The van der Waals surface area contributed by atoms with E-state index >= 15 is 0 Å². The van der Waals surface area contributed by atoms with Crippen molar-refractivity contribution in [3.05, 3.63) is 0 Å². The number of nitrogens with zero attached hydrogens (tertiary/aromatic N) is 1. The van der Waals surface area contributed by atoms with Gasteiger partial charge in [-0.2, -0.15) is 0 Å². The molecule has 0 bridgehead atoms. The van der Waals surface area contributed by atoms with Gasteiger partial charge in [0.1, 0.15) is 0 Å². The van der Waals surface area contributed by atoms with Crippen molar-refractivity contribution in [3.63, 3.8) is 0 Å². The van der Waals surface area contributed by atoms with Gasteiger partial charge in [0, 0.05) is 5.92 Å². The lowest BCUT2D eigenvalue weighted by Crippen LogP contribution is -3.00. The molecule has 0 aliphatic rings. The van der Waals surface area contributed by atoms with E-state index < -0.39 is 0 Å². The molecule has 160 valence electrons. The van der Waals surface area contributed by atoms with Crippen LogP contribution in [0.3, 0.4) is 0 Å². The van der Waals surface area contributed by atoms with Gasteiger partial charge >= 0.3 is 0 Å². The molecule has 1 atom stereocenters. The predicted molar refractivity (Wildman–Crippen MR) is 116 cm³/mol. The maximum absolute atomic E-state index is 2.62. The van der Waals surface area contributed by atoms with Crippen molar-refractivity contribution in [3.8, 4) is 0 Å². The quantitative estimate of drug-likeness (QED) is 0.411. The van der Waals surface area contributed by atoms with Gasteiger partial charge in [0.25, 0.3) is 0 Å². The second kappa shape index (κ2) is 12.4. The molecule has 26 heavy (non-hydrogen) atoms. The molecule has 0 spiro atoms. The fourth-order valence-corrected chi connectivity index (χ4v) is 5.09. The zero-order valence-corrected chi connectivity index (χ0v) is 20.1. The summed E-state index contributed by atoms with van der Waals surface area (Å²) in [6, 6.07) is 0. The summed E-state index contributed by atoms with van der Waals surface area (Å²) < 4.78 is 1.34. The van der Waals surface area contributed by atoms with Gasteiger partial charge in [0.2, 0.25) is 0 Å². The van der Waals surface area contributed by atoms with E-state index in [1.165, 1.54) is 69.1 Å². The average molecular weight is 374 g/mol. The molecule has 0 fully saturated rings. The molecule has 0 radical (unpaired) electrons. The second-order valence-electron chi connectivity index (χ2n) is 10.6. The topological polar surface area (TPSA) is 0 Å². The smallest absolute Gasteiger partial charge is 0.0969 e. The highest BCUT2D eigenvalue weighted by atomic mass is 19.0. The van der Waals surface area contributed by atoms with Crippen LogP contribution >= 0.6 is 0 Å². The Morgan fingerprint density at radius 1 is 0.692 bits per heavy atom. The van der Waals surface area contributed by atoms with Crippen molar-refractivity contribution in [1.29, 1.82) is 0 Å². The van der Waals surface area contributed by atoms with Crippen LogP contribution in [0.1, 0.15) is 114 Å². The fourth-order valence-electron chi connectivity index (χ4n) is 5.09. The van der Waals surface area contributed by atoms with Gasteiger partial charge in [-0.15, -0.1) is 0 Å². The zero-order valence-electron chi connectivity index (χ0n) is 20.1. The summed E-state index contributed by atoms with van der Waals surface area (Å²) in [5, 5.41) is 0. The van der Waals surface area contributed by atoms with E-state index in [2.05, 4.69) is 69.2 Å². The van der Waals surface area contributed by atoms with E-state index in [1.54, 1.807) is 0 Å². The van der Waals surface area contributed by atoms with Crippen molar-refractivity contribution < 1.29 is 9.19 Å². The van der Waals surface area contributed by atoms with Gasteiger partial charge in [0.05, 0.1) is 25.2 Å². The highest BCUT2D eigenvalue weighted by Crippen LogP contribution is 2.46. The van der Waals surface area contributed by atoms with Crippen LogP contribution in [0.2, 0.25) is 0 Å². The third-order valence-corrected chi connectivity index (χ3v) is 6.65. The van der Waals surface area contributed by atoms with Crippen LogP contribution < -0.4 is 4.70 Å². The number of hydrogen-bond acceptors (Lipinski definition) is 0. The molecule has 0 heterocycles. The first-order valence-corrected chi connectivity index (χ1v) is 11.3. The number of halogens is 1. The van der Waals surface area contributed by atoms with Crippen LogP contribution in [-0.2, 0) is 0 Å². The first kappa shape index (κ1) is 28.1. The van der Waals surface area contributed by atoms with Gasteiger partial charge in [-0.3, -0.25) is 0 Å². The van der Waals surface area contributed by atoms with Crippen LogP contribution in [-0.4, -0.2) is 29.7 Å². The Bertz CT molecular complexity index is 319. The molecule has 0 aromatic carbocycles. The molecular weight excluding hydrogens is 321 g/mol. The second-order valence-corrected chi connectivity index (χ2v) is 10.6. The largest absolute Gasteiger partial charge is 1.00 e. The Hall–Kier alpha value is -0.110. The lowest BCUT2D eigenvalue weighted by Gasteiger charge is -2.57. The Kier molecular flexibility index (Phi) is 13.4.